The van der Waals surface area contributed by atoms with Crippen LogP contribution in [0.15, 0.2) is 42.5 Å². The van der Waals surface area contributed by atoms with Crippen LogP contribution in [0.3, 0.4) is 0 Å². The molecular weight excluding hydrogens is 296 g/mol. The number of benzene rings is 2. The molecule has 1 aliphatic rings. The molecule has 0 saturated carbocycles. The molecule has 22 heavy (non-hydrogen) atoms. The smallest absolute Gasteiger partial charge is 0.239 e. The normalized spacial score (nSPS) is 17.8. The summed E-state index contributed by atoms with van der Waals surface area (Å²) < 4.78 is 0. The van der Waals surface area contributed by atoms with E-state index in [0.717, 1.165) is 19.4 Å². The first kappa shape index (κ1) is 16.8. The van der Waals surface area contributed by atoms with Gasteiger partial charge in [0, 0.05) is 13.6 Å². The van der Waals surface area contributed by atoms with Crippen molar-refractivity contribution >= 4 is 29.1 Å². The summed E-state index contributed by atoms with van der Waals surface area (Å²) in [5, 5.41) is 5.79. The molecule has 4 heteroatoms. The zero-order valence-electron chi connectivity index (χ0n) is 12.9. The van der Waals surface area contributed by atoms with Gasteiger partial charge < -0.3 is 10.2 Å². The zero-order valence-corrected chi connectivity index (χ0v) is 13.7. The van der Waals surface area contributed by atoms with Gasteiger partial charge in [-0.15, -0.1) is 12.4 Å². The Balaban J connectivity index is 0.00000176. The van der Waals surface area contributed by atoms with Crippen molar-refractivity contribution in [2.45, 2.75) is 31.8 Å². The van der Waals surface area contributed by atoms with Gasteiger partial charge in [-0.3, -0.25) is 4.79 Å². The molecule has 1 fully saturated rings. The largest absolute Gasteiger partial charge is 0.340 e. The number of amides is 1. The summed E-state index contributed by atoms with van der Waals surface area (Å²) in [5.74, 6) is 0.211. The molecule has 0 aromatic heterocycles. The van der Waals surface area contributed by atoms with Crippen LogP contribution in [0.4, 0.5) is 0 Å². The Kier molecular flexibility index (Phi) is 5.81. The number of halogens is 1. The standard InChI is InChI=1S/C18H22N2O.ClH/c1-20(18(21)17-8-4-5-11-19-17)13-14-9-10-15-6-2-3-7-16(15)12-14;/h2-3,6-7,9-10,12,17,19H,4-5,8,11,13H2,1H3;1H. The second-order valence-corrected chi connectivity index (χ2v) is 5.88. The van der Waals surface area contributed by atoms with Crippen LogP contribution in [-0.4, -0.2) is 30.4 Å². The molecule has 1 aliphatic heterocycles. The highest BCUT2D eigenvalue weighted by molar-refractivity contribution is 5.85. The minimum atomic E-state index is 0. The van der Waals surface area contributed by atoms with Crippen LogP contribution < -0.4 is 5.32 Å². The third-order valence-electron chi connectivity index (χ3n) is 4.22. The lowest BCUT2D eigenvalue weighted by atomic mass is 10.0. The van der Waals surface area contributed by atoms with Gasteiger partial charge in [0.05, 0.1) is 6.04 Å². The number of hydrogen-bond acceptors (Lipinski definition) is 2. The molecule has 0 bridgehead atoms. The highest BCUT2D eigenvalue weighted by Crippen LogP contribution is 2.17. The maximum Gasteiger partial charge on any atom is 0.239 e. The summed E-state index contributed by atoms with van der Waals surface area (Å²) >= 11 is 0. The maximum absolute atomic E-state index is 12.4. The van der Waals surface area contributed by atoms with Crippen LogP contribution in [0.2, 0.25) is 0 Å². The Hall–Kier alpha value is -1.58. The molecule has 1 saturated heterocycles. The minimum Gasteiger partial charge on any atom is -0.340 e. The Morgan fingerprint density at radius 3 is 2.68 bits per heavy atom. The number of rotatable bonds is 3. The third kappa shape index (κ3) is 3.79. The average molecular weight is 319 g/mol. The quantitative estimate of drug-likeness (QED) is 0.941. The molecule has 2 aromatic carbocycles. The van der Waals surface area contributed by atoms with Crippen molar-refractivity contribution in [3.8, 4) is 0 Å². The zero-order chi connectivity index (χ0) is 14.7. The van der Waals surface area contributed by atoms with E-state index in [0.29, 0.717) is 6.54 Å². The lowest BCUT2D eigenvalue weighted by Crippen LogP contribution is -2.46. The van der Waals surface area contributed by atoms with E-state index in [4.69, 9.17) is 0 Å². The number of piperidine rings is 1. The molecule has 1 N–H and O–H groups in total. The van der Waals surface area contributed by atoms with Gasteiger partial charge in [-0.2, -0.15) is 0 Å². The Morgan fingerprint density at radius 1 is 1.18 bits per heavy atom. The first-order valence-electron chi connectivity index (χ1n) is 7.70. The van der Waals surface area contributed by atoms with Gasteiger partial charge in [0.25, 0.3) is 0 Å². The number of carbonyl (C=O) groups excluding carboxylic acids is 1. The number of likely N-dealkylation sites (N-methyl/N-ethyl adjacent to an activating group) is 1. The van der Waals surface area contributed by atoms with Crippen LogP contribution in [0, 0.1) is 0 Å². The summed E-state index contributed by atoms with van der Waals surface area (Å²) in [4.78, 5) is 14.3. The topological polar surface area (TPSA) is 32.3 Å². The summed E-state index contributed by atoms with van der Waals surface area (Å²) in [6.07, 6.45) is 3.28. The Bertz CT molecular complexity index is 638. The van der Waals surface area contributed by atoms with Crippen LogP contribution in [-0.2, 0) is 11.3 Å². The van der Waals surface area contributed by atoms with Gasteiger partial charge in [0.1, 0.15) is 0 Å². The molecule has 1 amide bonds. The molecule has 3 nitrogen and oxygen atoms in total. The van der Waals surface area contributed by atoms with Crippen LogP contribution >= 0.6 is 12.4 Å². The number of fused-ring (bicyclic) bond motifs is 1. The van der Waals surface area contributed by atoms with Crippen molar-refractivity contribution in [3.05, 3.63) is 48.0 Å². The highest BCUT2D eigenvalue weighted by atomic mass is 35.5. The number of hydrogen-bond donors (Lipinski definition) is 1. The second-order valence-electron chi connectivity index (χ2n) is 5.88. The van der Waals surface area contributed by atoms with E-state index in [-0.39, 0.29) is 24.4 Å². The van der Waals surface area contributed by atoms with Gasteiger partial charge in [0.2, 0.25) is 5.91 Å². The molecule has 0 aliphatic carbocycles. The first-order valence-corrected chi connectivity index (χ1v) is 7.70. The van der Waals surface area contributed by atoms with E-state index in [2.05, 4.69) is 35.6 Å². The summed E-state index contributed by atoms with van der Waals surface area (Å²) in [5.41, 5.74) is 1.18. The van der Waals surface area contributed by atoms with Crippen molar-refractivity contribution in [3.63, 3.8) is 0 Å². The molecule has 0 radical (unpaired) electrons. The molecule has 0 spiro atoms. The predicted molar refractivity (Wildman–Crippen MR) is 93.3 cm³/mol. The van der Waals surface area contributed by atoms with Crippen LogP contribution in [0.5, 0.6) is 0 Å². The first-order chi connectivity index (χ1) is 10.2. The van der Waals surface area contributed by atoms with Crippen LogP contribution in [0.1, 0.15) is 24.8 Å². The fourth-order valence-electron chi connectivity index (χ4n) is 3.02. The Labute approximate surface area is 138 Å². The number of nitrogens with one attached hydrogen (secondary N) is 1. The lowest BCUT2D eigenvalue weighted by molar-refractivity contribution is -0.133. The molecule has 1 unspecified atom stereocenters. The van der Waals surface area contributed by atoms with Crippen molar-refractivity contribution in [2.75, 3.05) is 13.6 Å². The summed E-state index contributed by atoms with van der Waals surface area (Å²) in [6, 6.07) is 14.7. The summed E-state index contributed by atoms with van der Waals surface area (Å²) in [6.45, 7) is 1.63. The van der Waals surface area contributed by atoms with E-state index in [1.165, 1.54) is 22.8 Å². The van der Waals surface area contributed by atoms with Gasteiger partial charge in [0.15, 0.2) is 0 Å². The minimum absolute atomic E-state index is 0. The lowest BCUT2D eigenvalue weighted by Gasteiger charge is -2.27. The number of nitrogens with zero attached hydrogens (tertiary/aromatic N) is 1. The van der Waals surface area contributed by atoms with Gasteiger partial charge in [-0.25, -0.2) is 0 Å². The van der Waals surface area contributed by atoms with Gasteiger partial charge in [-0.1, -0.05) is 42.8 Å². The molecule has 3 rings (SSSR count). The van der Waals surface area contributed by atoms with Crippen molar-refractivity contribution < 1.29 is 4.79 Å². The predicted octanol–water partition coefficient (Wildman–Crippen LogP) is 3.36. The SMILES string of the molecule is CN(Cc1ccc2ccccc2c1)C(=O)C1CCCCN1.Cl. The Morgan fingerprint density at radius 2 is 1.95 bits per heavy atom. The highest BCUT2D eigenvalue weighted by Gasteiger charge is 2.23. The molecule has 2 aromatic rings. The fraction of sp³-hybridized carbons (Fsp3) is 0.389. The van der Waals surface area contributed by atoms with E-state index in [1.54, 1.807) is 0 Å². The molecule has 118 valence electrons. The van der Waals surface area contributed by atoms with Crippen molar-refractivity contribution in [1.29, 1.82) is 0 Å². The number of carbonyl (C=O) groups is 1. The average Bonchev–Trinajstić information content (AvgIpc) is 2.55. The molecular formula is C18H23ClN2O. The van der Waals surface area contributed by atoms with E-state index in [1.807, 2.05) is 24.1 Å². The summed E-state index contributed by atoms with van der Waals surface area (Å²) in [7, 11) is 1.90. The van der Waals surface area contributed by atoms with Crippen molar-refractivity contribution in [1.82, 2.24) is 10.2 Å². The van der Waals surface area contributed by atoms with Gasteiger partial charge in [-0.05, 0) is 41.8 Å². The monoisotopic (exact) mass is 318 g/mol. The molecule has 1 heterocycles. The van der Waals surface area contributed by atoms with Gasteiger partial charge >= 0.3 is 0 Å². The molecule has 1 atom stereocenters. The second kappa shape index (κ2) is 7.61. The third-order valence-corrected chi connectivity index (χ3v) is 4.22. The fourth-order valence-corrected chi connectivity index (χ4v) is 3.02. The van der Waals surface area contributed by atoms with E-state index < -0.39 is 0 Å². The van der Waals surface area contributed by atoms with E-state index >= 15 is 0 Å². The van der Waals surface area contributed by atoms with Crippen LogP contribution in [0.25, 0.3) is 10.8 Å². The van der Waals surface area contributed by atoms with E-state index in [9.17, 15) is 4.79 Å². The maximum atomic E-state index is 12.4. The van der Waals surface area contributed by atoms with Crippen molar-refractivity contribution in [2.24, 2.45) is 0 Å².